The molecule has 0 saturated heterocycles. The maximum absolute atomic E-state index is 5.11. The Bertz CT molecular complexity index is 288. The van der Waals surface area contributed by atoms with Gasteiger partial charge in [0.1, 0.15) is 0 Å². The quantitative estimate of drug-likeness (QED) is 0.811. The highest BCUT2D eigenvalue weighted by Crippen LogP contribution is 2.28. The van der Waals surface area contributed by atoms with Crippen LogP contribution in [0, 0.1) is 12.8 Å². The number of aryl methyl sites for hydroxylation is 1. The van der Waals surface area contributed by atoms with Crippen molar-refractivity contribution in [2.45, 2.75) is 26.3 Å². The van der Waals surface area contributed by atoms with Crippen LogP contribution in [0.2, 0.25) is 0 Å². The van der Waals surface area contributed by atoms with E-state index in [2.05, 4.69) is 17.2 Å². The molecule has 86 valence electrons. The lowest BCUT2D eigenvalue weighted by molar-refractivity contribution is 0.171. The van der Waals surface area contributed by atoms with E-state index in [9.17, 15) is 0 Å². The molecule has 0 spiro atoms. The molecule has 1 rings (SSSR count). The molecule has 3 nitrogen and oxygen atoms in total. The summed E-state index contributed by atoms with van der Waals surface area (Å²) in [5, 5.41) is 4.48. The third-order valence-corrected chi connectivity index (χ3v) is 3.60. The van der Waals surface area contributed by atoms with E-state index in [1.165, 1.54) is 4.88 Å². The summed E-state index contributed by atoms with van der Waals surface area (Å²) in [6.45, 7) is 5.10. The topological polar surface area (TPSA) is 34.2 Å². The number of ether oxygens (including phenoxy) is 1. The van der Waals surface area contributed by atoms with Crippen molar-refractivity contribution in [1.82, 2.24) is 10.3 Å². The van der Waals surface area contributed by atoms with Gasteiger partial charge in [0, 0.05) is 30.8 Å². The summed E-state index contributed by atoms with van der Waals surface area (Å²) in [5.74, 6) is 0.565. The Balaban J connectivity index is 2.62. The summed E-state index contributed by atoms with van der Waals surface area (Å²) in [5.41, 5.74) is 0. The number of nitrogens with one attached hydrogen (secondary N) is 1. The highest BCUT2D eigenvalue weighted by molar-refractivity contribution is 7.11. The molecule has 1 aromatic rings. The standard InChI is InChI=1S/C11H20N2OS/c1-8(5-6-14-4)11(12-3)10-7-13-9(2)15-10/h7-8,11-12H,5-6H2,1-4H3. The molecule has 0 fully saturated rings. The van der Waals surface area contributed by atoms with Crippen LogP contribution in [0.5, 0.6) is 0 Å². The van der Waals surface area contributed by atoms with Crippen LogP contribution in [-0.4, -0.2) is 25.7 Å². The fourth-order valence-electron chi connectivity index (χ4n) is 1.70. The van der Waals surface area contributed by atoms with E-state index in [-0.39, 0.29) is 0 Å². The second-order valence-electron chi connectivity index (χ2n) is 3.81. The predicted molar refractivity (Wildman–Crippen MR) is 64.3 cm³/mol. The molecule has 2 unspecified atom stereocenters. The van der Waals surface area contributed by atoms with Crippen molar-refractivity contribution in [1.29, 1.82) is 0 Å². The van der Waals surface area contributed by atoms with Crippen LogP contribution in [-0.2, 0) is 4.74 Å². The van der Waals surface area contributed by atoms with Crippen molar-refractivity contribution in [2.75, 3.05) is 20.8 Å². The van der Waals surface area contributed by atoms with Gasteiger partial charge in [-0.15, -0.1) is 11.3 Å². The molecule has 1 heterocycles. The van der Waals surface area contributed by atoms with E-state index in [0.717, 1.165) is 18.0 Å². The van der Waals surface area contributed by atoms with Crippen molar-refractivity contribution in [3.63, 3.8) is 0 Å². The van der Waals surface area contributed by atoms with Gasteiger partial charge in [0.25, 0.3) is 0 Å². The molecule has 4 heteroatoms. The molecule has 0 aliphatic rings. The Morgan fingerprint density at radius 1 is 1.60 bits per heavy atom. The third-order valence-electron chi connectivity index (χ3n) is 2.60. The van der Waals surface area contributed by atoms with Crippen LogP contribution < -0.4 is 5.32 Å². The highest BCUT2D eigenvalue weighted by atomic mass is 32.1. The molecule has 0 bridgehead atoms. The molecule has 0 saturated carbocycles. The van der Waals surface area contributed by atoms with E-state index < -0.39 is 0 Å². The van der Waals surface area contributed by atoms with Crippen molar-refractivity contribution >= 4 is 11.3 Å². The van der Waals surface area contributed by atoms with Crippen LogP contribution in [0.15, 0.2) is 6.20 Å². The zero-order valence-electron chi connectivity index (χ0n) is 9.91. The smallest absolute Gasteiger partial charge is 0.0897 e. The van der Waals surface area contributed by atoms with Crippen molar-refractivity contribution in [3.8, 4) is 0 Å². The van der Waals surface area contributed by atoms with Gasteiger partial charge < -0.3 is 10.1 Å². The number of thiazole rings is 1. The van der Waals surface area contributed by atoms with Crippen LogP contribution in [0.4, 0.5) is 0 Å². The molecule has 2 atom stereocenters. The summed E-state index contributed by atoms with van der Waals surface area (Å²) in [6.07, 6.45) is 3.05. The van der Waals surface area contributed by atoms with Crippen LogP contribution in [0.25, 0.3) is 0 Å². The van der Waals surface area contributed by atoms with E-state index in [0.29, 0.717) is 12.0 Å². The number of rotatable bonds is 6. The van der Waals surface area contributed by atoms with Gasteiger partial charge in [-0.1, -0.05) is 6.92 Å². The zero-order chi connectivity index (χ0) is 11.3. The lowest BCUT2D eigenvalue weighted by atomic mass is 9.98. The van der Waals surface area contributed by atoms with Gasteiger partial charge in [0.15, 0.2) is 0 Å². The molecule has 0 aromatic carbocycles. The zero-order valence-corrected chi connectivity index (χ0v) is 10.7. The normalized spacial score (nSPS) is 15.2. The van der Waals surface area contributed by atoms with E-state index in [1.54, 1.807) is 18.4 Å². The minimum absolute atomic E-state index is 0.395. The van der Waals surface area contributed by atoms with Crippen molar-refractivity contribution in [3.05, 3.63) is 16.1 Å². The number of hydrogen-bond acceptors (Lipinski definition) is 4. The summed E-state index contributed by atoms with van der Waals surface area (Å²) in [7, 11) is 3.75. The molecule has 15 heavy (non-hydrogen) atoms. The van der Waals surface area contributed by atoms with Gasteiger partial charge in [-0.2, -0.15) is 0 Å². The molecular formula is C11H20N2OS. The largest absolute Gasteiger partial charge is 0.385 e. The first-order valence-corrected chi connectivity index (χ1v) is 6.09. The fraction of sp³-hybridized carbons (Fsp3) is 0.727. The maximum Gasteiger partial charge on any atom is 0.0897 e. The summed E-state index contributed by atoms with van der Waals surface area (Å²) < 4.78 is 5.11. The van der Waals surface area contributed by atoms with Crippen LogP contribution >= 0.6 is 11.3 Å². The van der Waals surface area contributed by atoms with Gasteiger partial charge in [-0.3, -0.25) is 0 Å². The van der Waals surface area contributed by atoms with E-state index in [1.807, 2.05) is 20.2 Å². The van der Waals surface area contributed by atoms with E-state index in [4.69, 9.17) is 4.74 Å². The second kappa shape index (κ2) is 6.20. The Morgan fingerprint density at radius 3 is 2.80 bits per heavy atom. The van der Waals surface area contributed by atoms with Crippen LogP contribution in [0.1, 0.15) is 29.3 Å². The van der Waals surface area contributed by atoms with Gasteiger partial charge in [-0.05, 0) is 26.3 Å². The van der Waals surface area contributed by atoms with Crippen LogP contribution in [0.3, 0.4) is 0 Å². The lowest BCUT2D eigenvalue weighted by Crippen LogP contribution is -2.23. The number of methoxy groups -OCH3 is 1. The molecule has 1 N–H and O–H groups in total. The third kappa shape index (κ3) is 3.55. The summed E-state index contributed by atoms with van der Waals surface area (Å²) >= 11 is 1.77. The monoisotopic (exact) mass is 228 g/mol. The molecule has 0 aliphatic heterocycles. The number of aromatic nitrogens is 1. The maximum atomic E-state index is 5.11. The summed E-state index contributed by atoms with van der Waals surface area (Å²) in [4.78, 5) is 5.61. The number of hydrogen-bond donors (Lipinski definition) is 1. The molecule has 0 radical (unpaired) electrons. The molecule has 1 aromatic heterocycles. The first kappa shape index (κ1) is 12.6. The van der Waals surface area contributed by atoms with E-state index >= 15 is 0 Å². The lowest BCUT2D eigenvalue weighted by Gasteiger charge is -2.21. The first-order valence-electron chi connectivity index (χ1n) is 5.27. The Kier molecular flexibility index (Phi) is 5.22. The van der Waals surface area contributed by atoms with Gasteiger partial charge in [0.2, 0.25) is 0 Å². The molecule has 0 aliphatic carbocycles. The van der Waals surface area contributed by atoms with Crippen molar-refractivity contribution < 1.29 is 4.74 Å². The number of nitrogens with zero attached hydrogens (tertiary/aromatic N) is 1. The predicted octanol–water partition coefficient (Wildman–Crippen LogP) is 2.38. The minimum Gasteiger partial charge on any atom is -0.385 e. The average Bonchev–Trinajstić information content (AvgIpc) is 2.63. The Morgan fingerprint density at radius 2 is 2.33 bits per heavy atom. The van der Waals surface area contributed by atoms with Crippen molar-refractivity contribution in [2.24, 2.45) is 5.92 Å². The SMILES string of the molecule is CNC(c1cnc(C)s1)C(C)CCOC. The van der Waals surface area contributed by atoms with Gasteiger partial charge >= 0.3 is 0 Å². The summed E-state index contributed by atoms with van der Waals surface area (Å²) in [6, 6.07) is 0.395. The molecule has 0 amide bonds. The second-order valence-corrected chi connectivity index (χ2v) is 5.07. The Hall–Kier alpha value is -0.450. The first-order chi connectivity index (χ1) is 7.19. The molecular weight excluding hydrogens is 208 g/mol. The Labute approximate surface area is 95.9 Å². The highest BCUT2D eigenvalue weighted by Gasteiger charge is 2.19. The fourth-order valence-corrected chi connectivity index (χ4v) is 2.73. The average molecular weight is 228 g/mol. The van der Waals surface area contributed by atoms with Gasteiger partial charge in [0.05, 0.1) is 5.01 Å². The van der Waals surface area contributed by atoms with Gasteiger partial charge in [-0.25, -0.2) is 4.98 Å². The minimum atomic E-state index is 0.395.